The summed E-state index contributed by atoms with van der Waals surface area (Å²) in [7, 11) is 1.71. The number of aromatic nitrogens is 1. The Balaban J connectivity index is 1.79. The van der Waals surface area contributed by atoms with Crippen LogP contribution in [0.2, 0.25) is 0 Å². The molecule has 0 saturated carbocycles. The van der Waals surface area contributed by atoms with Gasteiger partial charge in [-0.3, -0.25) is 9.69 Å². The molecule has 0 unspecified atom stereocenters. The molecule has 0 spiro atoms. The molecule has 2 aromatic carbocycles. The summed E-state index contributed by atoms with van der Waals surface area (Å²) in [6.45, 7) is 0.758. The van der Waals surface area contributed by atoms with Crippen LogP contribution in [0.5, 0.6) is 0 Å². The average Bonchev–Trinajstić information content (AvgIpc) is 3.09. The molecule has 0 N–H and O–H groups in total. The van der Waals surface area contributed by atoms with E-state index in [0.717, 1.165) is 32.0 Å². The maximum Gasteiger partial charge on any atom is 0.265 e. The first kappa shape index (κ1) is 18.9. The topological polar surface area (TPSA) is 25.2 Å². The van der Waals surface area contributed by atoms with E-state index in [1.165, 1.54) is 22.2 Å². The molecule has 4 rings (SSSR count). The van der Waals surface area contributed by atoms with Gasteiger partial charge in [-0.15, -0.1) is 0 Å². The number of hydrogen-bond acceptors (Lipinski definition) is 3. The van der Waals surface area contributed by atoms with Gasteiger partial charge in [0.2, 0.25) is 0 Å². The second kappa shape index (κ2) is 7.54. The number of fused-ring (bicyclic) bond motifs is 1. The van der Waals surface area contributed by atoms with Gasteiger partial charge in [-0.2, -0.15) is 0 Å². The number of halogens is 2. The standard InChI is InChI=1S/C20H14Br2N2OS2/c1-23-19(25)18(27-20(23)26)8-13-11-24(10-12-2-4-14(21)5-3-12)17-7-6-15(22)9-16(13)17/h2-9,11H,10H2,1H3/b18-8-. The van der Waals surface area contributed by atoms with E-state index in [9.17, 15) is 4.79 Å². The Labute approximate surface area is 183 Å². The van der Waals surface area contributed by atoms with E-state index in [1.54, 1.807) is 7.05 Å². The van der Waals surface area contributed by atoms with Crippen molar-refractivity contribution >= 4 is 83.0 Å². The lowest BCUT2D eigenvalue weighted by Gasteiger charge is -2.06. The van der Waals surface area contributed by atoms with Crippen molar-refractivity contribution in [1.29, 1.82) is 0 Å². The molecule has 27 heavy (non-hydrogen) atoms. The summed E-state index contributed by atoms with van der Waals surface area (Å²) in [6, 6.07) is 14.5. The van der Waals surface area contributed by atoms with Gasteiger partial charge >= 0.3 is 0 Å². The van der Waals surface area contributed by atoms with Crippen LogP contribution in [0.4, 0.5) is 0 Å². The molecule has 1 aliphatic rings. The van der Waals surface area contributed by atoms with Gasteiger partial charge in [0.15, 0.2) is 0 Å². The largest absolute Gasteiger partial charge is 0.342 e. The van der Waals surface area contributed by atoms with Crippen molar-refractivity contribution in [3.8, 4) is 0 Å². The molecule has 1 aliphatic heterocycles. The molecule has 0 bridgehead atoms. The molecule has 0 atom stereocenters. The van der Waals surface area contributed by atoms with E-state index >= 15 is 0 Å². The zero-order chi connectivity index (χ0) is 19.1. The number of nitrogens with zero attached hydrogens (tertiary/aromatic N) is 2. The van der Waals surface area contributed by atoms with E-state index in [-0.39, 0.29) is 5.91 Å². The van der Waals surface area contributed by atoms with Gasteiger partial charge in [-0.1, -0.05) is 68.0 Å². The summed E-state index contributed by atoms with van der Waals surface area (Å²) in [5.74, 6) is -0.0474. The zero-order valence-corrected chi connectivity index (χ0v) is 19.1. The lowest BCUT2D eigenvalue weighted by Crippen LogP contribution is -2.22. The van der Waals surface area contributed by atoms with Crippen LogP contribution in [0.15, 0.2) is 62.5 Å². The molecule has 0 radical (unpaired) electrons. The van der Waals surface area contributed by atoms with Crippen LogP contribution in [-0.2, 0) is 11.3 Å². The van der Waals surface area contributed by atoms with Crippen LogP contribution in [0, 0.1) is 0 Å². The third-order valence-electron chi connectivity index (χ3n) is 4.41. The van der Waals surface area contributed by atoms with Crippen molar-refractivity contribution < 1.29 is 4.79 Å². The highest BCUT2D eigenvalue weighted by Gasteiger charge is 2.29. The quantitative estimate of drug-likeness (QED) is 0.310. The Morgan fingerprint density at radius 2 is 1.81 bits per heavy atom. The summed E-state index contributed by atoms with van der Waals surface area (Å²) in [5.41, 5.74) is 3.35. The van der Waals surface area contributed by atoms with E-state index in [1.807, 2.05) is 24.3 Å². The van der Waals surface area contributed by atoms with E-state index in [4.69, 9.17) is 12.2 Å². The Morgan fingerprint density at radius 1 is 1.11 bits per heavy atom. The third kappa shape index (κ3) is 3.78. The minimum absolute atomic E-state index is 0.0474. The lowest BCUT2D eigenvalue weighted by molar-refractivity contribution is -0.121. The molecular weight excluding hydrogens is 508 g/mol. The second-order valence-corrected chi connectivity index (χ2v) is 9.75. The number of benzene rings is 2. The summed E-state index contributed by atoms with van der Waals surface area (Å²) in [6.07, 6.45) is 4.04. The molecule has 2 heterocycles. The molecule has 136 valence electrons. The molecule has 1 saturated heterocycles. The zero-order valence-electron chi connectivity index (χ0n) is 14.3. The van der Waals surface area contributed by atoms with Gasteiger partial charge in [0.05, 0.1) is 4.91 Å². The molecule has 7 heteroatoms. The van der Waals surface area contributed by atoms with Gasteiger partial charge in [-0.05, 0) is 42.0 Å². The molecule has 0 aliphatic carbocycles. The van der Waals surface area contributed by atoms with Crippen LogP contribution in [0.3, 0.4) is 0 Å². The lowest BCUT2D eigenvalue weighted by atomic mass is 10.1. The predicted molar refractivity (Wildman–Crippen MR) is 124 cm³/mol. The summed E-state index contributed by atoms with van der Waals surface area (Å²) >= 11 is 13.6. The predicted octanol–water partition coefficient (Wildman–Crippen LogP) is 6.05. The monoisotopic (exact) mass is 520 g/mol. The minimum atomic E-state index is -0.0474. The summed E-state index contributed by atoms with van der Waals surface area (Å²) in [5, 5.41) is 1.10. The highest BCUT2D eigenvalue weighted by atomic mass is 79.9. The first-order valence-electron chi connectivity index (χ1n) is 8.17. The van der Waals surface area contributed by atoms with Crippen molar-refractivity contribution in [3.63, 3.8) is 0 Å². The number of amides is 1. The number of likely N-dealkylation sites (N-methyl/N-ethyl adjacent to an activating group) is 1. The highest BCUT2D eigenvalue weighted by molar-refractivity contribution is 9.10. The first-order valence-corrected chi connectivity index (χ1v) is 11.0. The Hall–Kier alpha value is -1.41. The van der Waals surface area contributed by atoms with Gasteiger partial charge < -0.3 is 4.57 Å². The maximum absolute atomic E-state index is 12.4. The Bertz CT molecular complexity index is 1100. The number of carbonyl (C=O) groups is 1. The molecule has 1 aromatic heterocycles. The van der Waals surface area contributed by atoms with Gasteiger partial charge in [-0.25, -0.2) is 0 Å². The summed E-state index contributed by atoms with van der Waals surface area (Å²) in [4.78, 5) is 14.6. The van der Waals surface area contributed by atoms with E-state index in [2.05, 4.69) is 66.9 Å². The fraction of sp³-hybridized carbons (Fsp3) is 0.100. The number of rotatable bonds is 3. The number of thioether (sulfide) groups is 1. The molecule has 3 aromatic rings. The van der Waals surface area contributed by atoms with Crippen molar-refractivity contribution in [3.05, 3.63) is 73.6 Å². The molecular formula is C20H14Br2N2OS2. The Kier molecular flexibility index (Phi) is 5.29. The van der Waals surface area contributed by atoms with Crippen LogP contribution in [0.25, 0.3) is 17.0 Å². The average molecular weight is 522 g/mol. The molecule has 1 amide bonds. The van der Waals surface area contributed by atoms with Crippen LogP contribution < -0.4 is 0 Å². The fourth-order valence-corrected chi connectivity index (χ4v) is 4.81. The third-order valence-corrected chi connectivity index (χ3v) is 6.92. The second-order valence-electron chi connectivity index (χ2n) is 6.24. The van der Waals surface area contributed by atoms with Crippen molar-refractivity contribution in [2.24, 2.45) is 0 Å². The van der Waals surface area contributed by atoms with Crippen LogP contribution in [0.1, 0.15) is 11.1 Å². The summed E-state index contributed by atoms with van der Waals surface area (Å²) < 4.78 is 4.87. The highest BCUT2D eigenvalue weighted by Crippen LogP contribution is 2.34. The van der Waals surface area contributed by atoms with Crippen molar-refractivity contribution in [2.75, 3.05) is 7.05 Å². The number of hydrogen-bond donors (Lipinski definition) is 0. The SMILES string of the molecule is CN1C(=O)/C(=C/c2cn(Cc3ccc(Br)cc3)c3ccc(Br)cc23)SC1=S. The van der Waals surface area contributed by atoms with Crippen LogP contribution >= 0.6 is 55.8 Å². The van der Waals surface area contributed by atoms with Crippen molar-refractivity contribution in [1.82, 2.24) is 9.47 Å². The van der Waals surface area contributed by atoms with E-state index in [0.29, 0.717) is 9.23 Å². The van der Waals surface area contributed by atoms with E-state index < -0.39 is 0 Å². The van der Waals surface area contributed by atoms with Gasteiger partial charge in [0.25, 0.3) is 5.91 Å². The smallest absolute Gasteiger partial charge is 0.265 e. The normalized spacial score (nSPS) is 16.1. The molecule has 1 fully saturated rings. The fourth-order valence-electron chi connectivity index (χ4n) is 3.02. The minimum Gasteiger partial charge on any atom is -0.342 e. The van der Waals surface area contributed by atoms with Crippen LogP contribution in [-0.4, -0.2) is 26.7 Å². The number of carbonyl (C=O) groups excluding carboxylic acids is 1. The van der Waals surface area contributed by atoms with Gasteiger partial charge in [0.1, 0.15) is 4.32 Å². The first-order chi connectivity index (χ1) is 12.9. The van der Waals surface area contributed by atoms with Gasteiger partial charge in [0, 0.05) is 45.2 Å². The Morgan fingerprint density at radius 3 is 2.48 bits per heavy atom. The molecule has 3 nitrogen and oxygen atoms in total. The van der Waals surface area contributed by atoms with Crippen molar-refractivity contribution in [2.45, 2.75) is 6.54 Å². The maximum atomic E-state index is 12.4. The number of thiocarbonyl (C=S) groups is 1.